The molecule has 0 saturated heterocycles. The molecule has 0 aliphatic rings. The second kappa shape index (κ2) is 7.69. The number of H-pyrrole nitrogens is 1. The van der Waals surface area contributed by atoms with Gasteiger partial charge in [-0.25, -0.2) is 4.79 Å². The van der Waals surface area contributed by atoms with Gasteiger partial charge in [0.25, 0.3) is 0 Å². The number of rotatable bonds is 6. The Balaban J connectivity index is 1.67. The monoisotopic (exact) mass is 353 g/mol. The van der Waals surface area contributed by atoms with Crippen molar-refractivity contribution in [3.8, 4) is 17.1 Å². The summed E-state index contributed by atoms with van der Waals surface area (Å²) in [5.41, 5.74) is 2.30. The van der Waals surface area contributed by atoms with Crippen LogP contribution in [0, 0.1) is 0 Å². The highest BCUT2D eigenvalue weighted by Crippen LogP contribution is 2.24. The van der Waals surface area contributed by atoms with Crippen molar-refractivity contribution >= 4 is 11.6 Å². The summed E-state index contributed by atoms with van der Waals surface area (Å²) in [6.07, 6.45) is 0.332. The summed E-state index contributed by atoms with van der Waals surface area (Å²) in [5, 5.41) is 6.51. The molecule has 0 bridgehead atoms. The van der Waals surface area contributed by atoms with E-state index in [0.29, 0.717) is 23.5 Å². The molecule has 7 heteroatoms. The van der Waals surface area contributed by atoms with Crippen LogP contribution < -0.4 is 15.8 Å². The number of methoxy groups -OCH3 is 1. The van der Waals surface area contributed by atoms with Crippen LogP contribution in [0.1, 0.15) is 24.8 Å². The average molecular weight is 353 g/mol. The van der Waals surface area contributed by atoms with Crippen LogP contribution in [0.15, 0.2) is 57.8 Å². The Labute approximate surface area is 150 Å². The summed E-state index contributed by atoms with van der Waals surface area (Å²) in [5.74, 6) is 0.396. The van der Waals surface area contributed by atoms with E-state index >= 15 is 0 Å². The number of ether oxygens (including phenoxy) is 1. The number of carbonyl (C=O) groups is 1. The molecule has 0 aliphatic heterocycles. The molecule has 3 rings (SSSR count). The van der Waals surface area contributed by atoms with Gasteiger partial charge in [0, 0.05) is 17.7 Å². The van der Waals surface area contributed by atoms with E-state index in [4.69, 9.17) is 4.74 Å². The number of carbonyl (C=O) groups excluding carboxylic acids is 1. The summed E-state index contributed by atoms with van der Waals surface area (Å²) in [6.45, 7) is 1.99. The average Bonchev–Trinajstić information content (AvgIpc) is 3.08. The first-order valence-corrected chi connectivity index (χ1v) is 8.15. The Morgan fingerprint density at radius 1 is 1.27 bits per heavy atom. The molecule has 2 aromatic carbocycles. The number of anilines is 1. The molecule has 1 aromatic heterocycles. The minimum Gasteiger partial charge on any atom is -0.497 e. The van der Waals surface area contributed by atoms with E-state index < -0.39 is 5.76 Å². The van der Waals surface area contributed by atoms with Gasteiger partial charge in [0.1, 0.15) is 5.75 Å². The van der Waals surface area contributed by atoms with E-state index in [-0.39, 0.29) is 11.8 Å². The molecule has 0 saturated carbocycles. The Bertz CT molecular complexity index is 961. The van der Waals surface area contributed by atoms with Crippen molar-refractivity contribution in [1.29, 1.82) is 0 Å². The molecular formula is C19H19N3O4. The first kappa shape index (κ1) is 17.5. The molecule has 0 spiro atoms. The van der Waals surface area contributed by atoms with Crippen LogP contribution in [0.3, 0.4) is 0 Å². The zero-order valence-electron chi connectivity index (χ0n) is 14.5. The first-order chi connectivity index (χ1) is 12.5. The van der Waals surface area contributed by atoms with Crippen molar-refractivity contribution in [3.05, 3.63) is 64.6 Å². The third kappa shape index (κ3) is 4.18. The SMILES string of the molecule is COc1cccc(C(C)CC(=O)Nc2cccc(-c3noc(=O)[nH]3)c2)c1. The molecule has 1 unspecified atom stereocenters. The zero-order valence-corrected chi connectivity index (χ0v) is 14.5. The molecular weight excluding hydrogens is 334 g/mol. The van der Waals surface area contributed by atoms with E-state index in [1.807, 2.05) is 31.2 Å². The molecule has 2 N–H and O–H groups in total. The lowest BCUT2D eigenvalue weighted by Crippen LogP contribution is -2.14. The molecule has 134 valence electrons. The highest BCUT2D eigenvalue weighted by atomic mass is 16.5. The minimum atomic E-state index is -0.624. The van der Waals surface area contributed by atoms with Gasteiger partial charge >= 0.3 is 5.76 Å². The highest BCUT2D eigenvalue weighted by molar-refractivity contribution is 5.91. The lowest BCUT2D eigenvalue weighted by Gasteiger charge is -2.13. The number of nitrogens with one attached hydrogen (secondary N) is 2. The summed E-state index contributed by atoms with van der Waals surface area (Å²) in [4.78, 5) is 25.9. The lowest BCUT2D eigenvalue weighted by atomic mass is 9.97. The standard InChI is InChI=1S/C19H19N3O4/c1-12(13-5-4-8-16(11-13)25-2)9-17(23)20-15-7-3-6-14(10-15)18-21-19(24)26-22-18/h3-8,10-12H,9H2,1-2H3,(H,20,23)(H,21,22,24). The van der Waals surface area contributed by atoms with Gasteiger partial charge in [-0.15, -0.1) is 0 Å². The Kier molecular flexibility index (Phi) is 5.17. The molecule has 26 heavy (non-hydrogen) atoms. The van der Waals surface area contributed by atoms with Crippen molar-refractivity contribution in [1.82, 2.24) is 10.1 Å². The summed E-state index contributed by atoms with van der Waals surface area (Å²) in [7, 11) is 1.62. The molecule has 7 nitrogen and oxygen atoms in total. The van der Waals surface area contributed by atoms with Crippen molar-refractivity contribution in [2.45, 2.75) is 19.3 Å². The Morgan fingerprint density at radius 2 is 2.08 bits per heavy atom. The molecule has 1 atom stereocenters. The van der Waals surface area contributed by atoms with Crippen LogP contribution in [0.5, 0.6) is 5.75 Å². The fraction of sp³-hybridized carbons (Fsp3) is 0.211. The number of nitrogens with zero attached hydrogens (tertiary/aromatic N) is 1. The molecule has 0 radical (unpaired) electrons. The van der Waals surface area contributed by atoms with Gasteiger partial charge in [-0.2, -0.15) is 0 Å². The predicted molar refractivity (Wildman–Crippen MR) is 97.2 cm³/mol. The van der Waals surface area contributed by atoms with Crippen molar-refractivity contribution in [2.24, 2.45) is 0 Å². The van der Waals surface area contributed by atoms with Gasteiger partial charge in [0.15, 0.2) is 5.82 Å². The van der Waals surface area contributed by atoms with Gasteiger partial charge < -0.3 is 10.1 Å². The maximum absolute atomic E-state index is 12.4. The second-order valence-corrected chi connectivity index (χ2v) is 5.95. The van der Waals surface area contributed by atoms with Crippen LogP contribution in [0.25, 0.3) is 11.4 Å². The quantitative estimate of drug-likeness (QED) is 0.709. The van der Waals surface area contributed by atoms with Crippen molar-refractivity contribution in [2.75, 3.05) is 12.4 Å². The van der Waals surface area contributed by atoms with Crippen LogP contribution in [0.4, 0.5) is 5.69 Å². The van der Waals surface area contributed by atoms with Gasteiger partial charge in [-0.3, -0.25) is 14.3 Å². The molecule has 3 aromatic rings. The van der Waals surface area contributed by atoms with Crippen LogP contribution >= 0.6 is 0 Å². The molecule has 1 amide bonds. The maximum Gasteiger partial charge on any atom is 0.439 e. The highest BCUT2D eigenvalue weighted by Gasteiger charge is 2.13. The molecule has 0 aliphatic carbocycles. The topological polar surface area (TPSA) is 97.2 Å². The predicted octanol–water partition coefficient (Wildman–Crippen LogP) is 3.17. The van der Waals surface area contributed by atoms with Crippen molar-refractivity contribution in [3.63, 3.8) is 0 Å². The Morgan fingerprint density at radius 3 is 2.81 bits per heavy atom. The van der Waals surface area contributed by atoms with Crippen LogP contribution in [0.2, 0.25) is 0 Å². The smallest absolute Gasteiger partial charge is 0.439 e. The number of aromatic amines is 1. The zero-order chi connectivity index (χ0) is 18.5. The second-order valence-electron chi connectivity index (χ2n) is 5.95. The molecule has 0 fully saturated rings. The fourth-order valence-electron chi connectivity index (χ4n) is 2.65. The summed E-state index contributed by atoms with van der Waals surface area (Å²) >= 11 is 0. The maximum atomic E-state index is 12.4. The fourth-order valence-corrected chi connectivity index (χ4v) is 2.65. The van der Waals surface area contributed by atoms with Gasteiger partial charge in [0.2, 0.25) is 5.91 Å². The third-order valence-corrected chi connectivity index (χ3v) is 4.01. The van der Waals surface area contributed by atoms with E-state index in [9.17, 15) is 9.59 Å². The van der Waals surface area contributed by atoms with E-state index in [0.717, 1.165) is 11.3 Å². The van der Waals surface area contributed by atoms with Crippen LogP contribution in [-0.4, -0.2) is 23.2 Å². The van der Waals surface area contributed by atoms with Gasteiger partial charge in [-0.05, 0) is 35.7 Å². The van der Waals surface area contributed by atoms with Gasteiger partial charge in [0.05, 0.1) is 7.11 Å². The van der Waals surface area contributed by atoms with Gasteiger partial charge in [-0.1, -0.05) is 36.3 Å². The van der Waals surface area contributed by atoms with Crippen LogP contribution in [-0.2, 0) is 4.79 Å². The summed E-state index contributed by atoms with van der Waals surface area (Å²) < 4.78 is 9.72. The summed E-state index contributed by atoms with van der Waals surface area (Å²) in [6, 6.07) is 14.7. The number of amides is 1. The van der Waals surface area contributed by atoms with E-state index in [1.54, 1.807) is 31.4 Å². The number of hydrogen-bond acceptors (Lipinski definition) is 5. The number of aromatic nitrogens is 2. The van der Waals surface area contributed by atoms with Crippen molar-refractivity contribution < 1.29 is 14.1 Å². The largest absolute Gasteiger partial charge is 0.497 e. The number of benzene rings is 2. The third-order valence-electron chi connectivity index (χ3n) is 4.01. The molecule has 1 heterocycles. The Hall–Kier alpha value is -3.35. The lowest BCUT2D eigenvalue weighted by molar-refractivity contribution is -0.116. The minimum absolute atomic E-state index is 0.0418. The number of hydrogen-bond donors (Lipinski definition) is 2. The van der Waals surface area contributed by atoms with E-state index in [1.165, 1.54) is 0 Å². The normalized spacial score (nSPS) is 11.8. The van der Waals surface area contributed by atoms with E-state index in [2.05, 4.69) is 20.0 Å². The first-order valence-electron chi connectivity index (χ1n) is 8.15.